The third kappa shape index (κ3) is 3.06. The minimum Gasteiger partial charge on any atom is -0.468 e. The summed E-state index contributed by atoms with van der Waals surface area (Å²) >= 11 is 0. The van der Waals surface area contributed by atoms with Crippen LogP contribution in [-0.4, -0.2) is 44.2 Å². The van der Waals surface area contributed by atoms with Gasteiger partial charge in [-0.2, -0.15) is 0 Å². The SMILES string of the molecule is COC(=O)c1ccncc1C(C(=O)OC)C(=O)OC. The highest BCUT2D eigenvalue weighted by Gasteiger charge is 2.34. The van der Waals surface area contributed by atoms with Crippen LogP contribution >= 0.6 is 0 Å². The lowest BCUT2D eigenvalue weighted by atomic mass is 9.96. The van der Waals surface area contributed by atoms with Crippen LogP contribution in [0.2, 0.25) is 0 Å². The Morgan fingerprint density at radius 2 is 1.63 bits per heavy atom. The summed E-state index contributed by atoms with van der Waals surface area (Å²) in [5, 5.41) is 0. The van der Waals surface area contributed by atoms with Gasteiger partial charge in [0.05, 0.1) is 26.9 Å². The van der Waals surface area contributed by atoms with E-state index >= 15 is 0 Å². The van der Waals surface area contributed by atoms with E-state index in [0.717, 1.165) is 14.2 Å². The summed E-state index contributed by atoms with van der Waals surface area (Å²) in [4.78, 5) is 38.7. The zero-order valence-electron chi connectivity index (χ0n) is 10.7. The highest BCUT2D eigenvalue weighted by molar-refractivity contribution is 6.04. The highest BCUT2D eigenvalue weighted by atomic mass is 16.5. The molecule has 0 radical (unpaired) electrons. The van der Waals surface area contributed by atoms with E-state index in [1.54, 1.807) is 0 Å². The van der Waals surface area contributed by atoms with Crippen LogP contribution in [0.4, 0.5) is 0 Å². The second-order valence-corrected chi connectivity index (χ2v) is 3.43. The van der Waals surface area contributed by atoms with Crippen molar-refractivity contribution in [2.75, 3.05) is 21.3 Å². The standard InChI is InChI=1S/C12H13NO6/c1-17-10(14)7-4-5-13-6-8(7)9(11(15)18-2)12(16)19-3/h4-6,9H,1-3H3. The van der Waals surface area contributed by atoms with Crippen molar-refractivity contribution in [1.82, 2.24) is 4.98 Å². The third-order valence-corrected chi connectivity index (χ3v) is 2.44. The first-order chi connectivity index (χ1) is 9.06. The van der Waals surface area contributed by atoms with Crippen LogP contribution in [0.25, 0.3) is 0 Å². The number of hydrogen-bond acceptors (Lipinski definition) is 7. The average Bonchev–Trinajstić information content (AvgIpc) is 2.46. The Labute approximate surface area is 109 Å². The van der Waals surface area contributed by atoms with Crippen LogP contribution in [-0.2, 0) is 23.8 Å². The largest absolute Gasteiger partial charge is 0.468 e. The van der Waals surface area contributed by atoms with Crippen LogP contribution in [0.1, 0.15) is 21.8 Å². The first-order valence-corrected chi connectivity index (χ1v) is 5.24. The second kappa shape index (κ2) is 6.48. The van der Waals surface area contributed by atoms with Crippen molar-refractivity contribution in [2.45, 2.75) is 5.92 Å². The van der Waals surface area contributed by atoms with Crippen LogP contribution in [0.15, 0.2) is 18.5 Å². The number of nitrogens with zero attached hydrogens (tertiary/aromatic N) is 1. The molecule has 0 saturated heterocycles. The molecule has 0 aromatic carbocycles. The minimum atomic E-state index is -1.38. The molecule has 0 aliphatic heterocycles. The van der Waals surface area contributed by atoms with E-state index in [-0.39, 0.29) is 11.1 Å². The predicted octanol–water partition coefficient (Wildman–Crippen LogP) is 0.298. The van der Waals surface area contributed by atoms with Crippen molar-refractivity contribution >= 4 is 17.9 Å². The second-order valence-electron chi connectivity index (χ2n) is 3.43. The third-order valence-electron chi connectivity index (χ3n) is 2.44. The lowest BCUT2D eigenvalue weighted by Crippen LogP contribution is -2.26. The zero-order chi connectivity index (χ0) is 14.4. The van der Waals surface area contributed by atoms with Gasteiger partial charge in [0.25, 0.3) is 0 Å². The normalized spacial score (nSPS) is 9.89. The molecule has 0 aliphatic rings. The fraction of sp³-hybridized carbons (Fsp3) is 0.333. The summed E-state index contributed by atoms with van der Waals surface area (Å²) in [6, 6.07) is 1.35. The number of rotatable bonds is 4. The minimum absolute atomic E-state index is 0.0540. The van der Waals surface area contributed by atoms with Gasteiger partial charge in [0.15, 0.2) is 5.92 Å². The molecule has 0 unspecified atom stereocenters. The lowest BCUT2D eigenvalue weighted by Gasteiger charge is -2.14. The van der Waals surface area contributed by atoms with E-state index < -0.39 is 23.8 Å². The smallest absolute Gasteiger partial charge is 0.338 e. The van der Waals surface area contributed by atoms with Crippen molar-refractivity contribution in [3.63, 3.8) is 0 Å². The number of aromatic nitrogens is 1. The molecule has 0 saturated carbocycles. The molecular weight excluding hydrogens is 254 g/mol. The van der Waals surface area contributed by atoms with E-state index in [1.165, 1.54) is 25.6 Å². The van der Waals surface area contributed by atoms with Gasteiger partial charge in [-0.25, -0.2) is 4.79 Å². The first kappa shape index (κ1) is 14.6. The molecule has 0 fully saturated rings. The lowest BCUT2D eigenvalue weighted by molar-refractivity contribution is -0.154. The van der Waals surface area contributed by atoms with Crippen molar-refractivity contribution in [3.05, 3.63) is 29.6 Å². The molecule has 1 aromatic heterocycles. The molecule has 0 aliphatic carbocycles. The maximum absolute atomic E-state index is 11.7. The molecule has 102 valence electrons. The summed E-state index contributed by atoms with van der Waals surface area (Å²) in [6.45, 7) is 0. The van der Waals surface area contributed by atoms with E-state index in [0.29, 0.717) is 0 Å². The number of esters is 3. The molecule has 0 N–H and O–H groups in total. The molecule has 7 nitrogen and oxygen atoms in total. The van der Waals surface area contributed by atoms with Crippen molar-refractivity contribution in [2.24, 2.45) is 0 Å². The van der Waals surface area contributed by atoms with Crippen LogP contribution in [0.5, 0.6) is 0 Å². The Hall–Kier alpha value is -2.44. The zero-order valence-corrected chi connectivity index (χ0v) is 10.7. The number of hydrogen-bond donors (Lipinski definition) is 0. The number of pyridine rings is 1. The fourth-order valence-corrected chi connectivity index (χ4v) is 1.52. The highest BCUT2D eigenvalue weighted by Crippen LogP contribution is 2.22. The molecule has 1 rings (SSSR count). The Morgan fingerprint density at radius 3 is 2.11 bits per heavy atom. The van der Waals surface area contributed by atoms with Crippen molar-refractivity contribution < 1.29 is 28.6 Å². The predicted molar refractivity (Wildman–Crippen MR) is 62.3 cm³/mol. The van der Waals surface area contributed by atoms with Gasteiger partial charge < -0.3 is 14.2 Å². The van der Waals surface area contributed by atoms with Gasteiger partial charge in [0.1, 0.15) is 0 Å². The average molecular weight is 267 g/mol. The Bertz CT molecular complexity index is 483. The molecule has 0 amide bonds. The summed E-state index contributed by atoms with van der Waals surface area (Å²) < 4.78 is 13.7. The quantitative estimate of drug-likeness (QED) is 0.440. The number of methoxy groups -OCH3 is 3. The topological polar surface area (TPSA) is 91.8 Å². The van der Waals surface area contributed by atoms with Gasteiger partial charge in [0.2, 0.25) is 0 Å². The monoisotopic (exact) mass is 267 g/mol. The Morgan fingerprint density at radius 1 is 1.05 bits per heavy atom. The summed E-state index contributed by atoms with van der Waals surface area (Å²) in [6.07, 6.45) is 2.58. The van der Waals surface area contributed by atoms with Crippen LogP contribution in [0, 0.1) is 0 Å². The van der Waals surface area contributed by atoms with Gasteiger partial charge >= 0.3 is 17.9 Å². The van der Waals surface area contributed by atoms with Gasteiger partial charge in [-0.05, 0) is 6.07 Å². The Kier molecular flexibility index (Phi) is 4.99. The summed E-state index contributed by atoms with van der Waals surface area (Å²) in [7, 11) is 3.46. The van der Waals surface area contributed by atoms with E-state index in [2.05, 4.69) is 19.2 Å². The molecule has 7 heteroatoms. The number of carbonyl (C=O) groups excluding carboxylic acids is 3. The van der Waals surface area contributed by atoms with Crippen LogP contribution < -0.4 is 0 Å². The fourth-order valence-electron chi connectivity index (χ4n) is 1.52. The van der Waals surface area contributed by atoms with Gasteiger partial charge in [-0.1, -0.05) is 0 Å². The molecule has 0 spiro atoms. The number of ether oxygens (including phenoxy) is 3. The van der Waals surface area contributed by atoms with Gasteiger partial charge in [-0.15, -0.1) is 0 Å². The molecule has 1 heterocycles. The Balaban J connectivity index is 3.34. The first-order valence-electron chi connectivity index (χ1n) is 5.24. The van der Waals surface area contributed by atoms with E-state index in [9.17, 15) is 14.4 Å². The summed E-state index contributed by atoms with van der Waals surface area (Å²) in [5.41, 5.74) is 0.131. The molecule has 19 heavy (non-hydrogen) atoms. The molecule has 0 bridgehead atoms. The number of carbonyl (C=O) groups is 3. The molecular formula is C12H13NO6. The maximum atomic E-state index is 11.7. The van der Waals surface area contributed by atoms with Crippen molar-refractivity contribution in [1.29, 1.82) is 0 Å². The molecule has 1 aromatic rings. The van der Waals surface area contributed by atoms with E-state index in [1.807, 2.05) is 0 Å². The van der Waals surface area contributed by atoms with Crippen LogP contribution in [0.3, 0.4) is 0 Å². The van der Waals surface area contributed by atoms with Crippen molar-refractivity contribution in [3.8, 4) is 0 Å². The molecule has 0 atom stereocenters. The van der Waals surface area contributed by atoms with Gasteiger partial charge in [0, 0.05) is 18.0 Å². The summed E-state index contributed by atoms with van der Waals surface area (Å²) in [5.74, 6) is -3.75. The maximum Gasteiger partial charge on any atom is 0.338 e. The van der Waals surface area contributed by atoms with E-state index in [4.69, 9.17) is 0 Å². The van der Waals surface area contributed by atoms with Gasteiger partial charge in [-0.3, -0.25) is 14.6 Å².